The van der Waals surface area contributed by atoms with Crippen LogP contribution in [-0.4, -0.2) is 49.7 Å². The van der Waals surface area contributed by atoms with Crippen LogP contribution in [-0.2, 0) is 6.54 Å². The van der Waals surface area contributed by atoms with Crippen molar-refractivity contribution in [2.45, 2.75) is 65.4 Å². The molecule has 1 saturated carbocycles. The van der Waals surface area contributed by atoms with Gasteiger partial charge >= 0.3 is 6.36 Å². The van der Waals surface area contributed by atoms with Gasteiger partial charge in [0.05, 0.1) is 5.02 Å². The lowest BCUT2D eigenvalue weighted by molar-refractivity contribution is -0.274. The Morgan fingerprint density at radius 2 is 1.70 bits per heavy atom. The van der Waals surface area contributed by atoms with Crippen LogP contribution in [0.4, 0.5) is 19.1 Å². The van der Waals surface area contributed by atoms with Crippen LogP contribution in [0.15, 0.2) is 42.5 Å². The fourth-order valence-corrected chi connectivity index (χ4v) is 5.19. The largest absolute Gasteiger partial charge is 0.573 e. The first kappa shape index (κ1) is 29.3. The van der Waals surface area contributed by atoms with Gasteiger partial charge in [-0.1, -0.05) is 49.6 Å². The van der Waals surface area contributed by atoms with Gasteiger partial charge in [-0.05, 0) is 78.1 Å². The highest BCUT2D eigenvalue weighted by molar-refractivity contribution is 6.32. The van der Waals surface area contributed by atoms with Crippen molar-refractivity contribution in [1.82, 2.24) is 25.5 Å². The van der Waals surface area contributed by atoms with E-state index >= 15 is 0 Å². The number of carbonyl (C=O) groups excluding carboxylic acids is 2. The molecule has 0 saturated heterocycles. The summed E-state index contributed by atoms with van der Waals surface area (Å²) < 4.78 is 42.0. The molecule has 13 heteroatoms. The van der Waals surface area contributed by atoms with Crippen LogP contribution >= 0.6 is 11.6 Å². The van der Waals surface area contributed by atoms with E-state index in [2.05, 4.69) is 51.4 Å². The molecule has 0 radical (unpaired) electrons. The Hall–Kier alpha value is -3.67. The number of hydrogen-bond acceptors (Lipinski definition) is 6. The maximum atomic E-state index is 13.7. The molecule has 0 unspecified atom stereocenters. The zero-order valence-electron chi connectivity index (χ0n) is 22.3. The second-order valence-electron chi connectivity index (χ2n) is 10.9. The van der Waals surface area contributed by atoms with Crippen molar-refractivity contribution in [3.63, 3.8) is 0 Å². The number of tetrazole rings is 1. The molecule has 9 nitrogen and oxygen atoms in total. The molecule has 0 spiro atoms. The molecule has 0 aliphatic heterocycles. The average Bonchev–Trinajstić information content (AvgIpc) is 3.40. The van der Waals surface area contributed by atoms with Gasteiger partial charge in [0.15, 0.2) is 0 Å². The van der Waals surface area contributed by atoms with Gasteiger partial charge in [0.25, 0.3) is 17.8 Å². The Morgan fingerprint density at radius 3 is 2.25 bits per heavy atom. The number of H-pyrrole nitrogens is 1. The molecule has 0 atom stereocenters. The summed E-state index contributed by atoms with van der Waals surface area (Å²) in [5, 5.41) is 15.2. The Labute approximate surface area is 234 Å². The highest BCUT2D eigenvalue weighted by Gasteiger charge is 2.35. The third kappa shape index (κ3) is 7.50. The summed E-state index contributed by atoms with van der Waals surface area (Å²) in [6, 6.07) is 10.2. The predicted molar refractivity (Wildman–Crippen MR) is 142 cm³/mol. The van der Waals surface area contributed by atoms with Crippen LogP contribution < -0.4 is 10.1 Å². The standard InChI is InChI=1S/C27H30ClF3N6O3/c1-26(2,3)19-9-11-20(12-10-19)37(24(39)18-8-13-22(21(28)14-18)40-27(29,30)31)15-16-4-6-17(7-5-16)23(38)32-25-33-35-36-34-25/h4-8,13-14,19-20H,9-12,15H2,1-3H3,(H2,32,33,34,35,36,38). The predicted octanol–water partition coefficient (Wildman–Crippen LogP) is 6.25. The number of aromatic nitrogens is 4. The lowest BCUT2D eigenvalue weighted by Gasteiger charge is -2.41. The van der Waals surface area contributed by atoms with E-state index in [4.69, 9.17) is 11.6 Å². The first-order valence-corrected chi connectivity index (χ1v) is 13.2. The minimum Gasteiger partial charge on any atom is -0.404 e. The summed E-state index contributed by atoms with van der Waals surface area (Å²) in [5.74, 6) is -0.776. The SMILES string of the molecule is CC(C)(C)C1CCC(N(Cc2ccc(C(=O)Nc3nn[nH]n3)cc2)C(=O)c2ccc(OC(F)(F)F)c(Cl)c2)CC1. The summed E-state index contributed by atoms with van der Waals surface area (Å²) in [7, 11) is 0. The first-order chi connectivity index (χ1) is 18.8. The number of rotatable bonds is 7. The molecular weight excluding hydrogens is 549 g/mol. The van der Waals surface area contributed by atoms with Crippen molar-refractivity contribution >= 4 is 29.4 Å². The van der Waals surface area contributed by atoms with E-state index in [1.54, 1.807) is 29.2 Å². The second kappa shape index (κ2) is 11.8. The highest BCUT2D eigenvalue weighted by atomic mass is 35.5. The van der Waals surface area contributed by atoms with Crippen LogP contribution in [0.3, 0.4) is 0 Å². The molecule has 3 aromatic rings. The van der Waals surface area contributed by atoms with E-state index in [1.165, 1.54) is 12.1 Å². The Morgan fingerprint density at radius 1 is 1.05 bits per heavy atom. The maximum Gasteiger partial charge on any atom is 0.573 e. The number of aromatic amines is 1. The molecule has 1 aliphatic carbocycles. The molecule has 0 bridgehead atoms. The van der Waals surface area contributed by atoms with Gasteiger partial charge in [-0.2, -0.15) is 5.21 Å². The Kier molecular flexibility index (Phi) is 8.67. The number of nitrogens with zero attached hydrogens (tertiary/aromatic N) is 4. The number of amides is 2. The van der Waals surface area contributed by atoms with Crippen LogP contribution in [0.5, 0.6) is 5.75 Å². The van der Waals surface area contributed by atoms with Crippen molar-refractivity contribution in [3.05, 3.63) is 64.2 Å². The lowest BCUT2D eigenvalue weighted by Crippen LogP contribution is -2.43. The van der Waals surface area contributed by atoms with E-state index in [9.17, 15) is 22.8 Å². The minimum atomic E-state index is -4.90. The fraction of sp³-hybridized carbons (Fsp3) is 0.444. The molecule has 4 rings (SSSR count). The van der Waals surface area contributed by atoms with Gasteiger partial charge < -0.3 is 9.64 Å². The van der Waals surface area contributed by atoms with Crippen molar-refractivity contribution in [1.29, 1.82) is 0 Å². The molecule has 40 heavy (non-hydrogen) atoms. The number of benzene rings is 2. The number of hydrogen-bond donors (Lipinski definition) is 2. The molecule has 1 fully saturated rings. The van der Waals surface area contributed by atoms with Crippen LogP contribution in [0.2, 0.25) is 5.02 Å². The third-order valence-corrected chi connectivity index (χ3v) is 7.46. The molecule has 1 aromatic heterocycles. The van der Waals surface area contributed by atoms with Crippen LogP contribution in [0, 0.1) is 11.3 Å². The van der Waals surface area contributed by atoms with Crippen molar-refractivity contribution in [2.75, 3.05) is 5.32 Å². The molecule has 2 amide bonds. The van der Waals surface area contributed by atoms with E-state index in [0.717, 1.165) is 37.3 Å². The second-order valence-corrected chi connectivity index (χ2v) is 11.3. The summed E-state index contributed by atoms with van der Waals surface area (Å²) in [6.45, 7) is 6.88. The van der Waals surface area contributed by atoms with E-state index in [-0.39, 0.29) is 40.4 Å². The van der Waals surface area contributed by atoms with Gasteiger partial charge in [-0.15, -0.1) is 18.3 Å². The summed E-state index contributed by atoms with van der Waals surface area (Å²) in [6.07, 6.45) is -1.41. The number of ether oxygens (including phenoxy) is 1. The van der Waals surface area contributed by atoms with Gasteiger partial charge in [-0.25, -0.2) is 0 Å². The molecular formula is C27H30ClF3N6O3. The summed E-state index contributed by atoms with van der Waals surface area (Å²) in [4.78, 5) is 27.9. The van der Waals surface area contributed by atoms with Gasteiger partial charge in [-0.3, -0.25) is 14.9 Å². The van der Waals surface area contributed by atoms with E-state index in [1.807, 2.05) is 0 Å². The summed E-state index contributed by atoms with van der Waals surface area (Å²) in [5.41, 5.74) is 1.46. The number of nitrogens with one attached hydrogen (secondary N) is 2. The van der Waals surface area contributed by atoms with Crippen LogP contribution in [0.1, 0.15) is 72.7 Å². The molecule has 214 valence electrons. The normalized spacial score (nSPS) is 17.8. The van der Waals surface area contributed by atoms with Gasteiger partial charge in [0.2, 0.25) is 0 Å². The topological polar surface area (TPSA) is 113 Å². The van der Waals surface area contributed by atoms with E-state index < -0.39 is 18.0 Å². The number of anilines is 1. The highest BCUT2D eigenvalue weighted by Crippen LogP contribution is 2.40. The summed E-state index contributed by atoms with van der Waals surface area (Å²) >= 11 is 6.05. The number of carbonyl (C=O) groups is 2. The van der Waals surface area contributed by atoms with Crippen molar-refractivity contribution < 1.29 is 27.5 Å². The molecule has 2 N–H and O–H groups in total. The molecule has 1 aliphatic rings. The smallest absolute Gasteiger partial charge is 0.404 e. The van der Waals surface area contributed by atoms with Crippen molar-refractivity contribution in [2.24, 2.45) is 11.3 Å². The van der Waals surface area contributed by atoms with E-state index in [0.29, 0.717) is 11.5 Å². The molecule has 1 heterocycles. The molecule has 2 aromatic carbocycles. The fourth-order valence-electron chi connectivity index (χ4n) is 4.97. The first-order valence-electron chi connectivity index (χ1n) is 12.8. The zero-order valence-corrected chi connectivity index (χ0v) is 23.0. The zero-order chi connectivity index (χ0) is 29.1. The average molecular weight is 579 g/mol. The monoisotopic (exact) mass is 578 g/mol. The van der Waals surface area contributed by atoms with Gasteiger partial charge in [0.1, 0.15) is 5.75 Å². The Balaban J connectivity index is 1.54. The number of halogens is 4. The Bertz CT molecular complexity index is 1320. The minimum absolute atomic E-state index is 0.0435. The lowest BCUT2D eigenvalue weighted by atomic mass is 9.71. The van der Waals surface area contributed by atoms with Crippen LogP contribution in [0.25, 0.3) is 0 Å². The maximum absolute atomic E-state index is 13.7. The van der Waals surface area contributed by atoms with Gasteiger partial charge in [0, 0.05) is 23.7 Å². The van der Waals surface area contributed by atoms with Crippen molar-refractivity contribution in [3.8, 4) is 5.75 Å². The third-order valence-electron chi connectivity index (χ3n) is 7.17. The number of alkyl halides is 3. The quantitative estimate of drug-likeness (QED) is 0.342.